The molecule has 5 aromatic rings. The minimum absolute atomic E-state index is 0.165. The van der Waals surface area contributed by atoms with Crippen molar-refractivity contribution in [3.05, 3.63) is 98.6 Å². The number of nitrogens with one attached hydrogen (secondary N) is 2. The molecule has 0 saturated carbocycles. The zero-order valence-electron chi connectivity index (χ0n) is 24.6. The average Bonchev–Trinajstić information content (AvgIpc) is 3.45. The number of hydrazone groups is 1. The van der Waals surface area contributed by atoms with Gasteiger partial charge in [0.15, 0.2) is 17.2 Å². The van der Waals surface area contributed by atoms with Crippen molar-refractivity contribution in [3.8, 4) is 39.9 Å². The van der Waals surface area contributed by atoms with Crippen LogP contribution in [0.4, 0.5) is 0 Å². The first-order chi connectivity index (χ1) is 21.8. The average molecular weight is 737 g/mol. The van der Waals surface area contributed by atoms with E-state index in [1.54, 1.807) is 19.2 Å². The van der Waals surface area contributed by atoms with E-state index < -0.39 is 11.9 Å². The Kier molecular flexibility index (Phi) is 9.74. The van der Waals surface area contributed by atoms with Gasteiger partial charge in [-0.15, -0.1) is 0 Å². The van der Waals surface area contributed by atoms with Gasteiger partial charge < -0.3 is 28.7 Å². The summed E-state index contributed by atoms with van der Waals surface area (Å²) in [7, 11) is 5.95. The fraction of sp³-hybridized carbons (Fsp3) is 0.121. The lowest BCUT2D eigenvalue weighted by Gasteiger charge is -2.15. The van der Waals surface area contributed by atoms with Crippen molar-refractivity contribution in [2.24, 2.45) is 5.10 Å². The van der Waals surface area contributed by atoms with E-state index in [4.69, 9.17) is 23.7 Å². The van der Waals surface area contributed by atoms with E-state index in [9.17, 15) is 9.59 Å². The molecule has 0 aliphatic rings. The molecule has 10 nitrogen and oxygen atoms in total. The number of hydrogen-bond acceptors (Lipinski definition) is 8. The van der Waals surface area contributed by atoms with Crippen molar-refractivity contribution in [2.45, 2.75) is 0 Å². The van der Waals surface area contributed by atoms with Gasteiger partial charge in [0.2, 0.25) is 5.75 Å². The second kappa shape index (κ2) is 13.9. The molecule has 12 heteroatoms. The van der Waals surface area contributed by atoms with Crippen LogP contribution in [0.1, 0.15) is 26.4 Å². The van der Waals surface area contributed by atoms with Crippen LogP contribution in [0.3, 0.4) is 0 Å². The molecule has 45 heavy (non-hydrogen) atoms. The van der Waals surface area contributed by atoms with Crippen LogP contribution in [0.2, 0.25) is 0 Å². The number of hydrogen-bond donors (Lipinski definition) is 2. The lowest BCUT2D eigenvalue weighted by molar-refractivity contribution is 0.0732. The van der Waals surface area contributed by atoms with E-state index in [2.05, 4.69) is 47.4 Å². The van der Waals surface area contributed by atoms with E-state index >= 15 is 0 Å². The number of H-pyrrole nitrogens is 1. The molecular weight excluding hydrogens is 710 g/mol. The van der Waals surface area contributed by atoms with Gasteiger partial charge >= 0.3 is 5.97 Å². The van der Waals surface area contributed by atoms with E-state index in [-0.39, 0.29) is 11.3 Å². The Bertz CT molecular complexity index is 1900. The lowest BCUT2D eigenvalue weighted by Crippen LogP contribution is -2.19. The lowest BCUT2D eigenvalue weighted by atomic mass is 10.0. The molecule has 2 N–H and O–H groups in total. The second-order valence-electron chi connectivity index (χ2n) is 9.43. The van der Waals surface area contributed by atoms with Crippen LogP contribution < -0.4 is 29.1 Å². The van der Waals surface area contributed by atoms with Crippen molar-refractivity contribution >= 4 is 60.9 Å². The smallest absolute Gasteiger partial charge is 0.343 e. The monoisotopic (exact) mass is 735 g/mol. The molecule has 5 rings (SSSR count). The summed E-state index contributed by atoms with van der Waals surface area (Å²) in [5, 5.41) is 5.03. The molecule has 1 amide bonds. The van der Waals surface area contributed by atoms with E-state index in [1.165, 1.54) is 39.7 Å². The number of aromatic nitrogens is 1. The third-order valence-corrected chi connectivity index (χ3v) is 7.85. The van der Waals surface area contributed by atoms with Gasteiger partial charge in [0.05, 0.1) is 50.2 Å². The number of methoxy groups -OCH3 is 4. The number of halogens is 2. The van der Waals surface area contributed by atoms with Crippen LogP contribution in [0.5, 0.6) is 28.7 Å². The summed E-state index contributed by atoms with van der Waals surface area (Å²) in [4.78, 5) is 30.0. The van der Waals surface area contributed by atoms with Crippen LogP contribution >= 0.6 is 31.9 Å². The Morgan fingerprint density at radius 3 is 2.13 bits per heavy atom. The number of fused-ring (bicyclic) bond motifs is 1. The van der Waals surface area contributed by atoms with Crippen molar-refractivity contribution < 1.29 is 33.3 Å². The first kappa shape index (κ1) is 31.6. The van der Waals surface area contributed by atoms with E-state index in [0.717, 1.165) is 10.9 Å². The van der Waals surface area contributed by atoms with Crippen LogP contribution in [-0.2, 0) is 0 Å². The molecule has 0 unspecified atom stereocenters. The summed E-state index contributed by atoms with van der Waals surface area (Å²) >= 11 is 6.92. The highest BCUT2D eigenvalue weighted by molar-refractivity contribution is 9.11. The second-order valence-corrected chi connectivity index (χ2v) is 11.2. The minimum atomic E-state index is -0.685. The van der Waals surface area contributed by atoms with E-state index in [0.29, 0.717) is 54.3 Å². The van der Waals surface area contributed by atoms with Gasteiger partial charge in [-0.3, -0.25) is 4.79 Å². The number of esters is 1. The minimum Gasteiger partial charge on any atom is -0.495 e. The quantitative estimate of drug-likeness (QED) is 0.0665. The van der Waals surface area contributed by atoms with Gasteiger partial charge in [-0.2, -0.15) is 5.10 Å². The number of amides is 1. The van der Waals surface area contributed by atoms with Gasteiger partial charge in [-0.05, 0) is 51.8 Å². The number of nitrogens with zero attached hydrogens (tertiary/aromatic N) is 1. The van der Waals surface area contributed by atoms with Gasteiger partial charge in [0.25, 0.3) is 5.91 Å². The summed E-state index contributed by atoms with van der Waals surface area (Å²) in [6.07, 6.45) is 1.39. The van der Waals surface area contributed by atoms with Gasteiger partial charge in [-0.1, -0.05) is 58.4 Å². The summed E-state index contributed by atoms with van der Waals surface area (Å²) in [6.45, 7) is 0. The fourth-order valence-electron chi connectivity index (χ4n) is 4.79. The number of para-hydroxylation sites is 1. The molecular formula is C33H27Br2N3O7. The number of carbonyl (C=O) groups is 2. The van der Waals surface area contributed by atoms with Crippen LogP contribution in [0, 0.1) is 0 Å². The third kappa shape index (κ3) is 6.52. The number of benzene rings is 4. The highest BCUT2D eigenvalue weighted by atomic mass is 79.9. The molecule has 0 saturated heterocycles. The Hall–Kier alpha value is -4.81. The Balaban J connectivity index is 1.45. The zero-order valence-corrected chi connectivity index (χ0v) is 27.7. The largest absolute Gasteiger partial charge is 0.495 e. The maximum Gasteiger partial charge on any atom is 0.343 e. The van der Waals surface area contributed by atoms with Crippen LogP contribution in [0.25, 0.3) is 22.0 Å². The molecule has 1 heterocycles. The SMILES string of the molecule is COc1cc(C(=O)Oc2c(Br)cc(Br)cc2C=NNC(=O)c2[nH]c3c(OC)cccc3c2-c2ccccc2)cc(OC)c1OC. The van der Waals surface area contributed by atoms with Crippen molar-refractivity contribution in [3.63, 3.8) is 0 Å². The zero-order chi connectivity index (χ0) is 32.1. The molecule has 0 aliphatic carbocycles. The summed E-state index contributed by atoms with van der Waals surface area (Å²) in [5.41, 5.74) is 5.71. The standard InChI is InChI=1S/C33H27Br2N3O7/c1-41-24-12-8-11-22-27(18-9-6-5-7-10-18)29(37-28(22)24)32(39)38-36-17-20-13-21(34)16-23(35)30(20)45-33(40)19-14-25(42-2)31(44-4)26(15-19)43-3/h5-17,37H,1-4H3,(H,38,39). The van der Waals surface area contributed by atoms with Gasteiger partial charge in [0, 0.05) is 21.0 Å². The van der Waals surface area contributed by atoms with Gasteiger partial charge in [0.1, 0.15) is 11.4 Å². The predicted molar refractivity (Wildman–Crippen MR) is 178 cm³/mol. The van der Waals surface area contributed by atoms with Crippen molar-refractivity contribution in [2.75, 3.05) is 28.4 Å². The maximum absolute atomic E-state index is 13.5. The number of rotatable bonds is 10. The summed E-state index contributed by atoms with van der Waals surface area (Å²) < 4.78 is 28.5. The Morgan fingerprint density at radius 1 is 0.800 bits per heavy atom. The Morgan fingerprint density at radius 2 is 1.49 bits per heavy atom. The fourth-order valence-corrected chi connectivity index (χ4v) is 6.13. The summed E-state index contributed by atoms with van der Waals surface area (Å²) in [6, 6.07) is 21.6. The van der Waals surface area contributed by atoms with E-state index in [1.807, 2.05) is 48.5 Å². The molecule has 0 atom stereocenters. The van der Waals surface area contributed by atoms with Crippen molar-refractivity contribution in [1.82, 2.24) is 10.4 Å². The number of aromatic amines is 1. The number of carbonyl (C=O) groups excluding carboxylic acids is 2. The first-order valence-electron chi connectivity index (χ1n) is 13.4. The summed E-state index contributed by atoms with van der Waals surface area (Å²) in [5.74, 6) is 0.554. The number of ether oxygens (including phenoxy) is 5. The normalized spacial score (nSPS) is 11.0. The molecule has 0 aliphatic heterocycles. The molecule has 0 fully saturated rings. The van der Waals surface area contributed by atoms with Crippen molar-refractivity contribution in [1.29, 1.82) is 0 Å². The van der Waals surface area contributed by atoms with Gasteiger partial charge in [-0.25, -0.2) is 10.2 Å². The molecule has 0 radical (unpaired) electrons. The molecule has 1 aromatic heterocycles. The molecule has 0 bridgehead atoms. The first-order valence-corrected chi connectivity index (χ1v) is 15.0. The molecule has 0 spiro atoms. The predicted octanol–water partition coefficient (Wildman–Crippen LogP) is 7.38. The highest BCUT2D eigenvalue weighted by Gasteiger charge is 2.22. The molecule has 230 valence electrons. The topological polar surface area (TPSA) is 120 Å². The highest BCUT2D eigenvalue weighted by Crippen LogP contribution is 2.40. The van der Waals surface area contributed by atoms with Crippen LogP contribution in [0.15, 0.2) is 86.8 Å². The maximum atomic E-state index is 13.5. The third-order valence-electron chi connectivity index (χ3n) is 6.81. The molecule has 4 aromatic carbocycles. The Labute approximate surface area is 275 Å². The van der Waals surface area contributed by atoms with Crippen LogP contribution in [-0.4, -0.2) is 51.5 Å².